The zero-order valence-electron chi connectivity index (χ0n) is 13.9. The van der Waals surface area contributed by atoms with Crippen molar-refractivity contribution in [3.63, 3.8) is 0 Å². The van der Waals surface area contributed by atoms with Crippen LogP contribution in [0.25, 0.3) is 22.0 Å². The Bertz CT molecular complexity index is 1020. The summed E-state index contributed by atoms with van der Waals surface area (Å²) in [5, 5.41) is 17.0. The highest BCUT2D eigenvalue weighted by Crippen LogP contribution is 2.36. The molecule has 2 N–H and O–H groups in total. The highest BCUT2D eigenvalue weighted by atomic mass is 35.5. The van der Waals surface area contributed by atoms with Crippen LogP contribution in [0, 0.1) is 23.5 Å². The third-order valence-electron chi connectivity index (χ3n) is 3.77. The average molecular weight is 364 g/mol. The zero-order valence-corrected chi connectivity index (χ0v) is 14.7. The second kappa shape index (κ2) is 6.17. The molecule has 2 heterocycles. The first-order valence-electron chi connectivity index (χ1n) is 7.68. The van der Waals surface area contributed by atoms with E-state index in [2.05, 4.69) is 22.0 Å². The Morgan fingerprint density at radius 2 is 2.04 bits per heavy atom. The molecule has 0 spiro atoms. The van der Waals surface area contributed by atoms with Crippen LogP contribution < -0.4 is 0 Å². The van der Waals surface area contributed by atoms with Crippen molar-refractivity contribution >= 4 is 22.5 Å². The summed E-state index contributed by atoms with van der Waals surface area (Å²) < 4.78 is 30.7. The molecule has 4 nitrogen and oxygen atoms in total. The molecule has 3 rings (SSSR count). The van der Waals surface area contributed by atoms with Crippen molar-refractivity contribution in [1.29, 1.82) is 0 Å². The van der Waals surface area contributed by atoms with Crippen LogP contribution in [0.15, 0.2) is 18.5 Å². The Kier molecular flexibility index (Phi) is 4.31. The molecule has 0 fully saturated rings. The summed E-state index contributed by atoms with van der Waals surface area (Å²) in [6.07, 6.45) is 3.23. The van der Waals surface area contributed by atoms with Gasteiger partial charge < -0.3 is 9.67 Å². The van der Waals surface area contributed by atoms with Gasteiger partial charge in [-0.05, 0) is 26.8 Å². The van der Waals surface area contributed by atoms with Crippen LogP contribution in [0.3, 0.4) is 0 Å². The first-order valence-corrected chi connectivity index (χ1v) is 8.06. The number of nitrogens with one attached hydrogen (secondary N) is 1. The minimum Gasteiger partial charge on any atom is -0.378 e. The van der Waals surface area contributed by atoms with Crippen molar-refractivity contribution in [2.24, 2.45) is 0 Å². The third-order valence-corrected chi connectivity index (χ3v) is 4.06. The highest BCUT2D eigenvalue weighted by Gasteiger charge is 2.21. The van der Waals surface area contributed by atoms with Crippen LogP contribution in [0.1, 0.15) is 26.3 Å². The predicted octanol–water partition coefficient (Wildman–Crippen LogP) is 4.11. The largest absolute Gasteiger partial charge is 0.378 e. The smallest absolute Gasteiger partial charge is 0.184 e. The lowest BCUT2D eigenvalue weighted by molar-refractivity contribution is 0.143. The number of aryl methyl sites for hydroxylation is 1. The fraction of sp³-hybridized carbons (Fsp3) is 0.278. The number of aromatic nitrogens is 3. The van der Waals surface area contributed by atoms with Crippen molar-refractivity contribution in [3.05, 3.63) is 40.8 Å². The van der Waals surface area contributed by atoms with Gasteiger partial charge in [0.2, 0.25) is 0 Å². The van der Waals surface area contributed by atoms with Gasteiger partial charge in [0.25, 0.3) is 0 Å². The molecule has 0 aliphatic heterocycles. The SMILES string of the molecule is CCn1cc(-c2cn[nH]c2Cl)c2cc(C#CC(C)(C)O)c(F)c(F)c21. The van der Waals surface area contributed by atoms with Gasteiger partial charge in [0.15, 0.2) is 11.6 Å². The van der Waals surface area contributed by atoms with Gasteiger partial charge in [0.1, 0.15) is 10.8 Å². The van der Waals surface area contributed by atoms with E-state index in [9.17, 15) is 13.9 Å². The molecular formula is C18H16ClF2N3O. The zero-order chi connectivity index (χ0) is 18.4. The molecule has 130 valence electrons. The maximum atomic E-state index is 14.7. The molecule has 0 bridgehead atoms. The van der Waals surface area contributed by atoms with E-state index in [4.69, 9.17) is 11.6 Å². The van der Waals surface area contributed by atoms with Gasteiger partial charge in [-0.25, -0.2) is 8.78 Å². The van der Waals surface area contributed by atoms with Gasteiger partial charge >= 0.3 is 0 Å². The molecule has 1 aromatic carbocycles. The first kappa shape index (κ1) is 17.5. The Hall–Kier alpha value is -2.36. The lowest BCUT2D eigenvalue weighted by atomic mass is 10.0. The fourth-order valence-corrected chi connectivity index (χ4v) is 2.83. The number of nitrogens with zero attached hydrogens (tertiary/aromatic N) is 2. The van der Waals surface area contributed by atoms with E-state index in [0.29, 0.717) is 28.2 Å². The summed E-state index contributed by atoms with van der Waals surface area (Å²) in [4.78, 5) is 0. The van der Waals surface area contributed by atoms with Crippen LogP contribution in [0.5, 0.6) is 0 Å². The average Bonchev–Trinajstić information content (AvgIpc) is 3.11. The summed E-state index contributed by atoms with van der Waals surface area (Å²) >= 11 is 6.10. The Morgan fingerprint density at radius 1 is 1.32 bits per heavy atom. The quantitative estimate of drug-likeness (QED) is 0.673. The van der Waals surface area contributed by atoms with Gasteiger partial charge in [-0.3, -0.25) is 5.10 Å². The Morgan fingerprint density at radius 3 is 2.60 bits per heavy atom. The molecule has 0 saturated heterocycles. The Labute approximate surface area is 148 Å². The standard InChI is InChI=1S/C18H16ClF2N3O/c1-4-24-9-13(12-8-22-23-17(12)19)11-7-10(5-6-18(2,3)25)14(20)15(21)16(11)24/h7-9,25H,4H2,1-3H3,(H,22,23). The van der Waals surface area contributed by atoms with Crippen LogP contribution in [0.2, 0.25) is 5.15 Å². The number of H-pyrrole nitrogens is 1. The summed E-state index contributed by atoms with van der Waals surface area (Å²) in [7, 11) is 0. The van der Waals surface area contributed by atoms with Crippen LogP contribution in [0.4, 0.5) is 8.78 Å². The molecule has 0 unspecified atom stereocenters. The van der Waals surface area contributed by atoms with Gasteiger partial charge in [-0.2, -0.15) is 5.10 Å². The van der Waals surface area contributed by atoms with Gasteiger partial charge in [0, 0.05) is 29.3 Å². The van der Waals surface area contributed by atoms with Crippen LogP contribution in [-0.4, -0.2) is 25.5 Å². The molecule has 0 atom stereocenters. The molecule has 0 radical (unpaired) electrons. The topological polar surface area (TPSA) is 53.8 Å². The lowest BCUT2D eigenvalue weighted by Crippen LogP contribution is -2.14. The molecule has 0 saturated carbocycles. The van der Waals surface area contributed by atoms with E-state index in [0.717, 1.165) is 0 Å². The van der Waals surface area contributed by atoms with Crippen molar-refractivity contribution in [3.8, 4) is 23.0 Å². The molecule has 7 heteroatoms. The molecule has 3 aromatic rings. The molecule has 0 aliphatic carbocycles. The van der Waals surface area contributed by atoms with E-state index in [1.807, 2.05) is 6.92 Å². The van der Waals surface area contributed by atoms with E-state index in [1.165, 1.54) is 26.1 Å². The Balaban J connectivity index is 2.35. The number of hydrogen-bond donors (Lipinski definition) is 2. The monoisotopic (exact) mass is 363 g/mol. The summed E-state index contributed by atoms with van der Waals surface area (Å²) in [5.41, 5.74) is -0.0841. The number of fused-ring (bicyclic) bond motifs is 1. The summed E-state index contributed by atoms with van der Waals surface area (Å²) in [6, 6.07) is 1.47. The number of hydrogen-bond acceptors (Lipinski definition) is 2. The minimum atomic E-state index is -1.32. The van der Waals surface area contributed by atoms with Gasteiger partial charge in [0.05, 0.1) is 17.3 Å². The molecule has 25 heavy (non-hydrogen) atoms. The van der Waals surface area contributed by atoms with Crippen LogP contribution in [-0.2, 0) is 6.54 Å². The van der Waals surface area contributed by atoms with Gasteiger partial charge in [-0.15, -0.1) is 0 Å². The van der Waals surface area contributed by atoms with E-state index in [1.54, 1.807) is 10.8 Å². The van der Waals surface area contributed by atoms with Crippen LogP contribution >= 0.6 is 11.6 Å². The molecule has 0 amide bonds. The third kappa shape index (κ3) is 3.13. The predicted molar refractivity (Wildman–Crippen MR) is 93.3 cm³/mol. The van der Waals surface area contributed by atoms with Crippen molar-refractivity contribution < 1.29 is 13.9 Å². The number of aromatic amines is 1. The molecular weight excluding hydrogens is 348 g/mol. The molecule has 2 aromatic heterocycles. The second-order valence-corrected chi connectivity index (χ2v) is 6.56. The summed E-state index contributed by atoms with van der Waals surface area (Å²) in [5.74, 6) is 3.00. The number of halogens is 3. The number of aliphatic hydroxyl groups is 1. The maximum Gasteiger partial charge on any atom is 0.184 e. The minimum absolute atomic E-state index is 0.123. The number of rotatable bonds is 2. The van der Waals surface area contributed by atoms with E-state index in [-0.39, 0.29) is 11.1 Å². The first-order chi connectivity index (χ1) is 11.7. The van der Waals surface area contributed by atoms with Gasteiger partial charge in [-0.1, -0.05) is 23.4 Å². The fourth-order valence-electron chi connectivity index (χ4n) is 2.63. The maximum absolute atomic E-state index is 14.7. The van der Waals surface area contributed by atoms with E-state index >= 15 is 0 Å². The summed E-state index contributed by atoms with van der Waals surface area (Å²) in [6.45, 7) is 5.23. The van der Waals surface area contributed by atoms with E-state index < -0.39 is 17.2 Å². The number of benzene rings is 1. The van der Waals surface area contributed by atoms with Crippen molar-refractivity contribution in [2.45, 2.75) is 32.9 Å². The highest BCUT2D eigenvalue weighted by molar-refractivity contribution is 6.32. The molecule has 0 aliphatic rings. The van der Waals surface area contributed by atoms with Crippen molar-refractivity contribution in [1.82, 2.24) is 14.8 Å². The lowest BCUT2D eigenvalue weighted by Gasteiger charge is -2.07. The van der Waals surface area contributed by atoms with Crippen molar-refractivity contribution in [2.75, 3.05) is 0 Å². The normalized spacial score (nSPS) is 11.6. The second-order valence-electron chi connectivity index (χ2n) is 6.18.